The first-order valence-corrected chi connectivity index (χ1v) is 8.41. The number of thiazole rings is 1. The van der Waals surface area contributed by atoms with Gasteiger partial charge in [-0.15, -0.1) is 11.3 Å². The van der Waals surface area contributed by atoms with Crippen molar-refractivity contribution in [2.45, 2.75) is 70.6 Å². The van der Waals surface area contributed by atoms with Gasteiger partial charge >= 0.3 is 0 Å². The molecule has 19 heavy (non-hydrogen) atoms. The molecular formula is C15H24N2OS. The molecule has 0 radical (unpaired) electrons. The summed E-state index contributed by atoms with van der Waals surface area (Å²) in [6.07, 6.45) is 7.72. The fourth-order valence-electron chi connectivity index (χ4n) is 3.18. The van der Waals surface area contributed by atoms with Crippen LogP contribution in [0.1, 0.15) is 54.6 Å². The molecule has 1 aromatic rings. The Hall–Kier alpha value is -0.450. The number of fused-ring (bicyclic) bond motifs is 1. The van der Waals surface area contributed by atoms with E-state index in [9.17, 15) is 5.11 Å². The minimum atomic E-state index is -0.0632. The molecule has 1 heterocycles. The Morgan fingerprint density at radius 3 is 2.84 bits per heavy atom. The molecule has 2 aliphatic carbocycles. The van der Waals surface area contributed by atoms with Crippen LogP contribution in [-0.4, -0.2) is 22.2 Å². The molecule has 0 saturated heterocycles. The molecule has 0 aliphatic heterocycles. The lowest BCUT2D eigenvalue weighted by molar-refractivity contribution is 0.116. The number of hydrogen-bond acceptors (Lipinski definition) is 4. The van der Waals surface area contributed by atoms with Gasteiger partial charge in [0.15, 0.2) is 0 Å². The van der Waals surface area contributed by atoms with Crippen LogP contribution in [0.4, 0.5) is 0 Å². The monoisotopic (exact) mass is 280 g/mol. The summed E-state index contributed by atoms with van der Waals surface area (Å²) in [7, 11) is 0. The normalized spacial score (nSPS) is 31.2. The van der Waals surface area contributed by atoms with E-state index in [1.807, 2.05) is 11.3 Å². The third-order valence-corrected chi connectivity index (χ3v) is 5.59. The predicted molar refractivity (Wildman–Crippen MR) is 78.4 cm³/mol. The van der Waals surface area contributed by atoms with Crippen LogP contribution in [-0.2, 0) is 19.4 Å². The zero-order chi connectivity index (χ0) is 13.2. The lowest BCUT2D eigenvalue weighted by Gasteiger charge is -2.25. The van der Waals surface area contributed by atoms with Crippen molar-refractivity contribution in [3.05, 3.63) is 15.6 Å². The van der Waals surface area contributed by atoms with Crippen molar-refractivity contribution >= 4 is 11.3 Å². The molecular weight excluding hydrogens is 256 g/mol. The van der Waals surface area contributed by atoms with E-state index in [0.29, 0.717) is 6.04 Å². The van der Waals surface area contributed by atoms with E-state index < -0.39 is 0 Å². The van der Waals surface area contributed by atoms with Crippen molar-refractivity contribution in [1.82, 2.24) is 10.3 Å². The maximum absolute atomic E-state index is 9.51. The van der Waals surface area contributed by atoms with E-state index in [1.54, 1.807) is 0 Å². The molecule has 106 valence electrons. The molecule has 1 unspecified atom stereocenters. The summed E-state index contributed by atoms with van der Waals surface area (Å²) in [6.45, 7) is 3.25. The predicted octanol–water partition coefficient (Wildman–Crippen LogP) is 2.66. The molecule has 4 heteroatoms. The summed E-state index contributed by atoms with van der Waals surface area (Å²) in [5.74, 6) is 0.827. The molecule has 0 spiro atoms. The van der Waals surface area contributed by atoms with Gasteiger partial charge in [0.05, 0.1) is 11.8 Å². The largest absolute Gasteiger partial charge is 0.393 e. The number of aliphatic hydroxyl groups excluding tert-OH is 1. The van der Waals surface area contributed by atoms with E-state index in [4.69, 9.17) is 4.98 Å². The highest BCUT2D eigenvalue weighted by molar-refractivity contribution is 7.11. The van der Waals surface area contributed by atoms with Crippen LogP contribution in [0.25, 0.3) is 0 Å². The van der Waals surface area contributed by atoms with Crippen LogP contribution in [0.2, 0.25) is 0 Å². The quantitative estimate of drug-likeness (QED) is 0.895. The topological polar surface area (TPSA) is 45.2 Å². The number of hydrogen-bond donors (Lipinski definition) is 2. The Morgan fingerprint density at radius 1 is 1.26 bits per heavy atom. The van der Waals surface area contributed by atoms with Gasteiger partial charge in [-0.05, 0) is 50.9 Å². The fourth-order valence-corrected chi connectivity index (χ4v) is 4.41. The van der Waals surface area contributed by atoms with Crippen LogP contribution in [0, 0.1) is 5.92 Å². The average Bonchev–Trinajstić information content (AvgIpc) is 2.80. The zero-order valence-electron chi connectivity index (χ0n) is 11.7. The van der Waals surface area contributed by atoms with Crippen molar-refractivity contribution in [3.8, 4) is 0 Å². The highest BCUT2D eigenvalue weighted by Crippen LogP contribution is 2.30. The van der Waals surface area contributed by atoms with Crippen LogP contribution < -0.4 is 5.32 Å². The molecule has 1 fully saturated rings. The Labute approximate surface area is 119 Å². The summed E-state index contributed by atoms with van der Waals surface area (Å²) in [5.41, 5.74) is 1.36. The third-order valence-electron chi connectivity index (χ3n) is 4.47. The molecule has 3 nitrogen and oxygen atoms in total. The Bertz CT molecular complexity index is 424. The SMILES string of the molecule is CC1CCc2nc(CNC3CCC(O)CC3)sc2C1. The van der Waals surface area contributed by atoms with E-state index in [1.165, 1.54) is 34.8 Å². The van der Waals surface area contributed by atoms with Crippen LogP contribution in [0.15, 0.2) is 0 Å². The average molecular weight is 280 g/mol. The minimum absolute atomic E-state index is 0.0632. The number of nitrogens with zero attached hydrogens (tertiary/aromatic N) is 1. The number of aromatic nitrogens is 1. The van der Waals surface area contributed by atoms with Gasteiger partial charge in [-0.3, -0.25) is 0 Å². The van der Waals surface area contributed by atoms with Crippen LogP contribution in [0.3, 0.4) is 0 Å². The summed E-state index contributed by atoms with van der Waals surface area (Å²) in [4.78, 5) is 6.31. The van der Waals surface area contributed by atoms with Crippen molar-refractivity contribution in [2.75, 3.05) is 0 Å². The Morgan fingerprint density at radius 2 is 2.05 bits per heavy atom. The first-order valence-electron chi connectivity index (χ1n) is 7.59. The van der Waals surface area contributed by atoms with Gasteiger partial charge in [0.25, 0.3) is 0 Å². The van der Waals surface area contributed by atoms with Crippen molar-refractivity contribution in [2.24, 2.45) is 5.92 Å². The molecule has 1 aromatic heterocycles. The molecule has 2 aliphatic rings. The summed E-state index contributed by atoms with van der Waals surface area (Å²) in [6, 6.07) is 0.572. The third kappa shape index (κ3) is 3.36. The van der Waals surface area contributed by atoms with Gasteiger partial charge < -0.3 is 10.4 Å². The van der Waals surface area contributed by atoms with Gasteiger partial charge in [-0.2, -0.15) is 0 Å². The molecule has 2 N–H and O–H groups in total. The Kier molecular flexibility index (Phi) is 4.20. The first-order chi connectivity index (χ1) is 9.20. The molecule has 1 atom stereocenters. The van der Waals surface area contributed by atoms with Gasteiger partial charge in [-0.1, -0.05) is 6.92 Å². The number of rotatable bonds is 3. The zero-order valence-corrected chi connectivity index (χ0v) is 12.5. The van der Waals surface area contributed by atoms with E-state index >= 15 is 0 Å². The molecule has 3 rings (SSSR count). The molecule has 0 aromatic carbocycles. The van der Waals surface area contributed by atoms with Gasteiger partial charge in [0.1, 0.15) is 5.01 Å². The van der Waals surface area contributed by atoms with Crippen molar-refractivity contribution < 1.29 is 5.11 Å². The smallest absolute Gasteiger partial charge is 0.107 e. The summed E-state index contributed by atoms with van der Waals surface area (Å²) < 4.78 is 0. The van der Waals surface area contributed by atoms with Gasteiger partial charge in [0.2, 0.25) is 0 Å². The van der Waals surface area contributed by atoms with E-state index in [-0.39, 0.29) is 6.10 Å². The summed E-state index contributed by atoms with van der Waals surface area (Å²) in [5, 5.41) is 14.4. The van der Waals surface area contributed by atoms with E-state index in [2.05, 4.69) is 12.2 Å². The van der Waals surface area contributed by atoms with Crippen LogP contribution in [0.5, 0.6) is 0 Å². The lowest BCUT2D eigenvalue weighted by Crippen LogP contribution is -2.34. The number of aryl methyl sites for hydroxylation is 1. The highest BCUT2D eigenvalue weighted by Gasteiger charge is 2.21. The molecule has 0 amide bonds. The van der Waals surface area contributed by atoms with Crippen molar-refractivity contribution in [3.63, 3.8) is 0 Å². The molecule has 1 saturated carbocycles. The first kappa shape index (κ1) is 13.5. The minimum Gasteiger partial charge on any atom is -0.393 e. The number of nitrogens with one attached hydrogen (secondary N) is 1. The van der Waals surface area contributed by atoms with Gasteiger partial charge in [-0.25, -0.2) is 4.98 Å². The van der Waals surface area contributed by atoms with Crippen LogP contribution >= 0.6 is 11.3 Å². The lowest BCUT2D eigenvalue weighted by atomic mass is 9.93. The molecule has 0 bridgehead atoms. The second-order valence-electron chi connectivity index (χ2n) is 6.21. The fraction of sp³-hybridized carbons (Fsp3) is 0.800. The number of aliphatic hydroxyl groups is 1. The van der Waals surface area contributed by atoms with Crippen molar-refractivity contribution in [1.29, 1.82) is 0 Å². The van der Waals surface area contributed by atoms with E-state index in [0.717, 1.165) is 38.1 Å². The standard InChI is InChI=1S/C15H24N2OS/c1-10-2-7-13-14(8-10)19-15(17-13)9-16-11-3-5-12(18)6-4-11/h10-12,16,18H,2-9H2,1H3. The maximum Gasteiger partial charge on any atom is 0.107 e. The maximum atomic E-state index is 9.51. The second kappa shape index (κ2) is 5.90. The summed E-state index contributed by atoms with van der Waals surface area (Å²) >= 11 is 1.91. The highest BCUT2D eigenvalue weighted by atomic mass is 32.1. The van der Waals surface area contributed by atoms with Gasteiger partial charge in [0, 0.05) is 17.5 Å². The second-order valence-corrected chi connectivity index (χ2v) is 7.38. The Balaban J connectivity index is 1.53.